The lowest BCUT2D eigenvalue weighted by molar-refractivity contribution is -0.138. The first-order valence-corrected chi connectivity index (χ1v) is 5.08. The van der Waals surface area contributed by atoms with Crippen LogP contribution in [-0.2, 0) is 9.53 Å². The van der Waals surface area contributed by atoms with E-state index in [1.54, 1.807) is 7.11 Å². The van der Waals surface area contributed by atoms with Gasteiger partial charge in [0.25, 0.3) is 0 Å². The average molecular weight is 185 g/mol. The summed E-state index contributed by atoms with van der Waals surface area (Å²) in [5, 5.41) is 0. The summed E-state index contributed by atoms with van der Waals surface area (Å²) in [6, 6.07) is 0.455. The molecule has 1 rings (SSSR count). The van der Waals surface area contributed by atoms with Gasteiger partial charge in [-0.25, -0.2) is 0 Å². The van der Waals surface area contributed by atoms with Crippen molar-refractivity contribution in [1.29, 1.82) is 0 Å². The molecule has 1 aliphatic heterocycles. The van der Waals surface area contributed by atoms with Crippen molar-refractivity contribution in [2.45, 2.75) is 38.6 Å². The van der Waals surface area contributed by atoms with Crippen molar-refractivity contribution in [1.82, 2.24) is 4.90 Å². The minimum atomic E-state index is 0.147. The van der Waals surface area contributed by atoms with E-state index in [1.165, 1.54) is 6.42 Å². The molecule has 0 aliphatic carbocycles. The van der Waals surface area contributed by atoms with E-state index in [-0.39, 0.29) is 12.5 Å². The Morgan fingerprint density at radius 3 is 2.92 bits per heavy atom. The second kappa shape index (κ2) is 5.22. The molecule has 1 amide bonds. The van der Waals surface area contributed by atoms with Crippen LogP contribution in [0.3, 0.4) is 0 Å². The van der Waals surface area contributed by atoms with Gasteiger partial charge < -0.3 is 9.64 Å². The lowest BCUT2D eigenvalue weighted by atomic mass is 10.00. The number of piperidine rings is 1. The van der Waals surface area contributed by atoms with E-state index in [9.17, 15) is 4.79 Å². The SMILES string of the molecule is CCC1CCCCN1C(=O)COC. The van der Waals surface area contributed by atoms with Gasteiger partial charge in [-0.3, -0.25) is 4.79 Å². The van der Waals surface area contributed by atoms with Crippen molar-refractivity contribution in [3.05, 3.63) is 0 Å². The normalized spacial score (nSPS) is 23.2. The number of hydrogen-bond donors (Lipinski definition) is 0. The first kappa shape index (κ1) is 10.5. The molecule has 0 radical (unpaired) electrons. The van der Waals surface area contributed by atoms with Gasteiger partial charge in [0, 0.05) is 19.7 Å². The Hall–Kier alpha value is -0.570. The van der Waals surface area contributed by atoms with Crippen molar-refractivity contribution in [3.63, 3.8) is 0 Å². The lowest BCUT2D eigenvalue weighted by Gasteiger charge is -2.35. The molecule has 0 aromatic heterocycles. The van der Waals surface area contributed by atoms with Gasteiger partial charge in [0.2, 0.25) is 5.91 Å². The third-order valence-corrected chi connectivity index (χ3v) is 2.69. The molecular weight excluding hydrogens is 166 g/mol. The third-order valence-electron chi connectivity index (χ3n) is 2.69. The number of nitrogens with zero attached hydrogens (tertiary/aromatic N) is 1. The molecule has 3 nitrogen and oxygen atoms in total. The summed E-state index contributed by atoms with van der Waals surface area (Å²) in [5.74, 6) is 0.147. The molecule has 0 spiro atoms. The maximum Gasteiger partial charge on any atom is 0.248 e. The molecule has 1 heterocycles. The van der Waals surface area contributed by atoms with Gasteiger partial charge in [-0.05, 0) is 25.7 Å². The Morgan fingerprint density at radius 1 is 1.54 bits per heavy atom. The molecule has 1 saturated heterocycles. The molecule has 0 bridgehead atoms. The number of carbonyl (C=O) groups excluding carboxylic acids is 1. The van der Waals surface area contributed by atoms with Crippen molar-refractivity contribution < 1.29 is 9.53 Å². The first-order chi connectivity index (χ1) is 6.29. The van der Waals surface area contributed by atoms with E-state index in [0.717, 1.165) is 25.8 Å². The highest BCUT2D eigenvalue weighted by atomic mass is 16.5. The molecule has 1 atom stereocenters. The number of amides is 1. The summed E-state index contributed by atoms with van der Waals surface area (Å²) < 4.78 is 4.86. The molecular formula is C10H19NO2. The summed E-state index contributed by atoms with van der Waals surface area (Å²) >= 11 is 0. The zero-order valence-corrected chi connectivity index (χ0v) is 8.58. The smallest absolute Gasteiger partial charge is 0.248 e. The first-order valence-electron chi connectivity index (χ1n) is 5.08. The molecule has 0 aromatic carbocycles. The van der Waals surface area contributed by atoms with E-state index in [0.29, 0.717) is 6.04 Å². The second-order valence-electron chi connectivity index (χ2n) is 3.58. The van der Waals surface area contributed by atoms with Crippen LogP contribution in [0.2, 0.25) is 0 Å². The number of ether oxygens (including phenoxy) is 1. The van der Waals surface area contributed by atoms with Gasteiger partial charge in [0.05, 0.1) is 0 Å². The van der Waals surface area contributed by atoms with Gasteiger partial charge in [-0.2, -0.15) is 0 Å². The Balaban J connectivity index is 2.48. The largest absolute Gasteiger partial charge is 0.375 e. The molecule has 1 aliphatic rings. The summed E-state index contributed by atoms with van der Waals surface area (Å²) in [6.07, 6.45) is 4.63. The van der Waals surface area contributed by atoms with E-state index in [2.05, 4.69) is 6.92 Å². The molecule has 1 unspecified atom stereocenters. The van der Waals surface area contributed by atoms with Gasteiger partial charge in [0.1, 0.15) is 6.61 Å². The quantitative estimate of drug-likeness (QED) is 0.665. The minimum absolute atomic E-state index is 0.147. The standard InChI is InChI=1S/C10H19NO2/c1-3-9-6-4-5-7-11(9)10(12)8-13-2/h9H,3-8H2,1-2H3. The van der Waals surface area contributed by atoms with Crippen LogP contribution in [0.25, 0.3) is 0 Å². The van der Waals surface area contributed by atoms with Crippen LogP contribution in [-0.4, -0.2) is 37.1 Å². The van der Waals surface area contributed by atoms with Crippen LogP contribution < -0.4 is 0 Å². The van der Waals surface area contributed by atoms with Crippen LogP contribution in [0.1, 0.15) is 32.6 Å². The molecule has 0 aromatic rings. The van der Waals surface area contributed by atoms with Gasteiger partial charge >= 0.3 is 0 Å². The van der Waals surface area contributed by atoms with Crippen LogP contribution in [0.15, 0.2) is 0 Å². The van der Waals surface area contributed by atoms with E-state index >= 15 is 0 Å². The van der Waals surface area contributed by atoms with E-state index in [1.807, 2.05) is 4.90 Å². The predicted octanol–water partition coefficient (Wildman–Crippen LogP) is 1.42. The highest BCUT2D eigenvalue weighted by molar-refractivity contribution is 5.77. The Morgan fingerprint density at radius 2 is 2.31 bits per heavy atom. The van der Waals surface area contributed by atoms with Gasteiger partial charge in [-0.1, -0.05) is 6.92 Å². The van der Waals surface area contributed by atoms with Crippen molar-refractivity contribution >= 4 is 5.91 Å². The van der Waals surface area contributed by atoms with Gasteiger partial charge in [0.15, 0.2) is 0 Å². The fraction of sp³-hybridized carbons (Fsp3) is 0.900. The second-order valence-corrected chi connectivity index (χ2v) is 3.58. The monoisotopic (exact) mass is 185 g/mol. The third kappa shape index (κ3) is 2.69. The highest BCUT2D eigenvalue weighted by Gasteiger charge is 2.24. The highest BCUT2D eigenvalue weighted by Crippen LogP contribution is 2.19. The van der Waals surface area contributed by atoms with Crippen molar-refractivity contribution in [2.75, 3.05) is 20.3 Å². The number of carbonyl (C=O) groups is 1. The van der Waals surface area contributed by atoms with Crippen LogP contribution in [0.4, 0.5) is 0 Å². The fourth-order valence-corrected chi connectivity index (χ4v) is 1.96. The average Bonchev–Trinajstić information content (AvgIpc) is 2.18. The Kier molecular flexibility index (Phi) is 4.22. The van der Waals surface area contributed by atoms with Crippen molar-refractivity contribution in [3.8, 4) is 0 Å². The lowest BCUT2D eigenvalue weighted by Crippen LogP contribution is -2.44. The molecule has 13 heavy (non-hydrogen) atoms. The maximum absolute atomic E-state index is 11.6. The molecule has 0 saturated carbocycles. The molecule has 1 fully saturated rings. The maximum atomic E-state index is 11.6. The number of hydrogen-bond acceptors (Lipinski definition) is 2. The van der Waals surface area contributed by atoms with Gasteiger partial charge in [-0.15, -0.1) is 0 Å². The minimum Gasteiger partial charge on any atom is -0.375 e. The number of methoxy groups -OCH3 is 1. The Bertz CT molecular complexity index is 170. The fourth-order valence-electron chi connectivity index (χ4n) is 1.96. The zero-order chi connectivity index (χ0) is 9.68. The summed E-state index contributed by atoms with van der Waals surface area (Å²) in [7, 11) is 1.57. The van der Waals surface area contributed by atoms with Crippen LogP contribution in [0, 0.1) is 0 Å². The topological polar surface area (TPSA) is 29.5 Å². The zero-order valence-electron chi connectivity index (χ0n) is 8.58. The summed E-state index contributed by atoms with van der Waals surface area (Å²) in [6.45, 7) is 3.29. The van der Waals surface area contributed by atoms with Crippen LogP contribution in [0.5, 0.6) is 0 Å². The molecule has 0 N–H and O–H groups in total. The number of rotatable bonds is 3. The van der Waals surface area contributed by atoms with E-state index in [4.69, 9.17) is 4.74 Å². The molecule has 76 valence electrons. The summed E-state index contributed by atoms with van der Waals surface area (Å²) in [4.78, 5) is 13.5. The van der Waals surface area contributed by atoms with Crippen molar-refractivity contribution in [2.24, 2.45) is 0 Å². The predicted molar refractivity (Wildman–Crippen MR) is 51.5 cm³/mol. The van der Waals surface area contributed by atoms with E-state index < -0.39 is 0 Å². The molecule has 3 heteroatoms. The van der Waals surface area contributed by atoms with Crippen LogP contribution >= 0.6 is 0 Å². The Labute approximate surface area is 80.1 Å². The summed E-state index contributed by atoms with van der Waals surface area (Å²) in [5.41, 5.74) is 0. The number of likely N-dealkylation sites (tertiary alicyclic amines) is 1.